The van der Waals surface area contributed by atoms with E-state index >= 15 is 0 Å². The zero-order chi connectivity index (χ0) is 19.8. The largest absolute Gasteiger partial charge is 0.467 e. The molecule has 4 heterocycles. The number of aromatic nitrogens is 3. The fourth-order valence-corrected chi connectivity index (χ4v) is 3.72. The lowest BCUT2D eigenvalue weighted by molar-refractivity contribution is -0.125. The minimum absolute atomic E-state index is 0.141. The summed E-state index contributed by atoms with van der Waals surface area (Å²) in [5.41, 5.74) is 2.23. The molecular formula is C21H19N5O3. The topological polar surface area (TPSA) is 96.2 Å². The molecule has 1 unspecified atom stereocenters. The fourth-order valence-electron chi connectivity index (χ4n) is 3.72. The quantitative estimate of drug-likeness (QED) is 0.560. The predicted octanol–water partition coefficient (Wildman–Crippen LogP) is 2.47. The number of amides is 2. The van der Waals surface area contributed by atoms with E-state index in [1.165, 1.54) is 0 Å². The second-order valence-corrected chi connectivity index (χ2v) is 7.06. The highest BCUT2D eigenvalue weighted by atomic mass is 16.3. The van der Waals surface area contributed by atoms with E-state index in [4.69, 9.17) is 4.42 Å². The summed E-state index contributed by atoms with van der Waals surface area (Å²) < 4.78 is 7.10. The molecule has 5 rings (SSSR count). The molecular weight excluding hydrogens is 370 g/mol. The lowest BCUT2D eigenvalue weighted by Gasteiger charge is -2.33. The van der Waals surface area contributed by atoms with E-state index in [1.807, 2.05) is 34.9 Å². The van der Waals surface area contributed by atoms with Gasteiger partial charge in [0.1, 0.15) is 17.5 Å². The van der Waals surface area contributed by atoms with Crippen LogP contribution in [0.2, 0.25) is 0 Å². The molecule has 8 nitrogen and oxygen atoms in total. The Morgan fingerprint density at radius 3 is 2.97 bits per heavy atom. The van der Waals surface area contributed by atoms with Crippen LogP contribution in [-0.2, 0) is 17.9 Å². The number of carbonyl (C=O) groups is 2. The summed E-state index contributed by atoms with van der Waals surface area (Å²) in [4.78, 5) is 35.0. The van der Waals surface area contributed by atoms with Gasteiger partial charge in [0.2, 0.25) is 5.91 Å². The van der Waals surface area contributed by atoms with Crippen LogP contribution in [0.1, 0.15) is 28.0 Å². The van der Waals surface area contributed by atoms with Gasteiger partial charge in [0.15, 0.2) is 0 Å². The monoisotopic (exact) mass is 389 g/mol. The number of hydrogen-bond acceptors (Lipinski definition) is 4. The number of rotatable bonds is 4. The zero-order valence-electron chi connectivity index (χ0n) is 15.5. The van der Waals surface area contributed by atoms with E-state index in [2.05, 4.69) is 15.3 Å². The summed E-state index contributed by atoms with van der Waals surface area (Å²) in [5, 5.41) is 3.86. The summed E-state index contributed by atoms with van der Waals surface area (Å²) >= 11 is 0. The lowest BCUT2D eigenvalue weighted by atomic mass is 10.1. The Labute approximate surface area is 166 Å². The predicted molar refractivity (Wildman–Crippen MR) is 105 cm³/mol. The van der Waals surface area contributed by atoms with Crippen molar-refractivity contribution in [2.24, 2.45) is 0 Å². The number of carbonyl (C=O) groups excluding carboxylic acids is 2. The summed E-state index contributed by atoms with van der Waals surface area (Å²) in [7, 11) is 0. The van der Waals surface area contributed by atoms with Crippen molar-refractivity contribution in [1.29, 1.82) is 0 Å². The zero-order valence-corrected chi connectivity index (χ0v) is 15.5. The minimum Gasteiger partial charge on any atom is -0.467 e. The van der Waals surface area contributed by atoms with Crippen LogP contribution in [-0.4, -0.2) is 37.8 Å². The molecule has 3 aromatic heterocycles. The van der Waals surface area contributed by atoms with Crippen LogP contribution in [0.5, 0.6) is 0 Å². The van der Waals surface area contributed by atoms with Crippen molar-refractivity contribution in [3.8, 4) is 0 Å². The molecule has 2 N–H and O–H groups in total. The molecule has 2 amide bonds. The smallest absolute Gasteiger partial charge is 0.270 e. The van der Waals surface area contributed by atoms with Crippen molar-refractivity contribution in [2.75, 3.05) is 6.54 Å². The van der Waals surface area contributed by atoms with Gasteiger partial charge < -0.3 is 24.2 Å². The van der Waals surface area contributed by atoms with Crippen LogP contribution < -0.4 is 5.32 Å². The molecule has 1 aliphatic rings. The Hall–Kier alpha value is -3.81. The van der Waals surface area contributed by atoms with Crippen molar-refractivity contribution in [3.05, 3.63) is 78.4 Å². The van der Waals surface area contributed by atoms with Gasteiger partial charge in [0.05, 0.1) is 37.9 Å². The molecule has 0 radical (unpaired) electrons. The molecule has 0 bridgehead atoms. The van der Waals surface area contributed by atoms with Gasteiger partial charge in [-0.15, -0.1) is 0 Å². The van der Waals surface area contributed by atoms with Gasteiger partial charge in [-0.25, -0.2) is 4.98 Å². The maximum atomic E-state index is 13.1. The first-order chi connectivity index (χ1) is 14.2. The van der Waals surface area contributed by atoms with E-state index in [1.54, 1.807) is 35.8 Å². The average Bonchev–Trinajstić information content (AvgIpc) is 3.50. The van der Waals surface area contributed by atoms with Crippen LogP contribution in [0.25, 0.3) is 10.9 Å². The number of fused-ring (bicyclic) bond motifs is 2. The SMILES string of the molecule is O=C(NCc1ccco1)C1CN(C(=O)c2cc3ccccc3[nH]2)Cc2cncn21. The van der Waals surface area contributed by atoms with Crippen LogP contribution in [0.4, 0.5) is 0 Å². The van der Waals surface area contributed by atoms with Crippen LogP contribution in [0, 0.1) is 0 Å². The third-order valence-electron chi connectivity index (χ3n) is 5.20. The number of benzene rings is 1. The van der Waals surface area contributed by atoms with Crippen LogP contribution >= 0.6 is 0 Å². The van der Waals surface area contributed by atoms with Gasteiger partial charge in [-0.3, -0.25) is 9.59 Å². The highest BCUT2D eigenvalue weighted by molar-refractivity contribution is 5.98. The van der Waals surface area contributed by atoms with E-state index in [-0.39, 0.29) is 18.4 Å². The summed E-state index contributed by atoms with van der Waals surface area (Å²) in [6.07, 6.45) is 4.89. The van der Waals surface area contributed by atoms with E-state index in [0.29, 0.717) is 24.5 Å². The lowest BCUT2D eigenvalue weighted by Crippen LogP contribution is -2.46. The summed E-state index contributed by atoms with van der Waals surface area (Å²) in [5.74, 6) is 0.346. The molecule has 1 aliphatic heterocycles. The Balaban J connectivity index is 1.38. The number of nitrogens with zero attached hydrogens (tertiary/aromatic N) is 3. The first-order valence-corrected chi connectivity index (χ1v) is 9.37. The maximum Gasteiger partial charge on any atom is 0.270 e. The first-order valence-electron chi connectivity index (χ1n) is 9.37. The number of nitrogens with one attached hydrogen (secondary N) is 2. The highest BCUT2D eigenvalue weighted by Crippen LogP contribution is 2.24. The number of aromatic amines is 1. The van der Waals surface area contributed by atoms with Crippen molar-refractivity contribution in [3.63, 3.8) is 0 Å². The Morgan fingerprint density at radius 2 is 2.14 bits per heavy atom. The molecule has 0 spiro atoms. The van der Waals surface area contributed by atoms with Crippen molar-refractivity contribution in [2.45, 2.75) is 19.1 Å². The van der Waals surface area contributed by atoms with E-state index in [0.717, 1.165) is 16.6 Å². The molecule has 29 heavy (non-hydrogen) atoms. The number of para-hydroxylation sites is 1. The Bertz CT molecular complexity index is 1140. The van der Waals surface area contributed by atoms with Gasteiger partial charge in [0, 0.05) is 17.1 Å². The molecule has 1 atom stereocenters. The normalized spacial score (nSPS) is 16.0. The number of H-pyrrole nitrogens is 1. The van der Waals surface area contributed by atoms with E-state index in [9.17, 15) is 9.59 Å². The second-order valence-electron chi connectivity index (χ2n) is 7.06. The number of hydrogen-bond donors (Lipinski definition) is 2. The van der Waals surface area contributed by atoms with Gasteiger partial charge in [0.25, 0.3) is 5.91 Å². The molecule has 8 heteroatoms. The number of furan rings is 1. The third-order valence-corrected chi connectivity index (χ3v) is 5.20. The minimum atomic E-state index is -0.551. The molecule has 0 saturated carbocycles. The third kappa shape index (κ3) is 3.18. The van der Waals surface area contributed by atoms with Crippen molar-refractivity contribution in [1.82, 2.24) is 24.8 Å². The standard InChI is InChI=1S/C21H19N5O3/c27-20(23-10-16-5-3-7-29-16)19-12-25(11-15-9-22-13-26(15)19)21(28)18-8-14-4-1-2-6-17(14)24-18/h1-9,13,19,24H,10-12H2,(H,23,27). The number of imidazole rings is 1. The van der Waals surface area contributed by atoms with Crippen molar-refractivity contribution >= 4 is 22.7 Å². The molecule has 1 aromatic carbocycles. The second kappa shape index (κ2) is 6.97. The molecule has 0 saturated heterocycles. The average molecular weight is 389 g/mol. The van der Waals surface area contributed by atoms with Crippen LogP contribution in [0.15, 0.2) is 65.7 Å². The van der Waals surface area contributed by atoms with Gasteiger partial charge in [-0.1, -0.05) is 18.2 Å². The molecule has 146 valence electrons. The summed E-state index contributed by atoms with van der Waals surface area (Å²) in [6.45, 7) is 0.958. The maximum absolute atomic E-state index is 13.1. The molecule has 0 aliphatic carbocycles. The Morgan fingerprint density at radius 1 is 1.24 bits per heavy atom. The molecule has 0 fully saturated rings. The van der Waals surface area contributed by atoms with Crippen LogP contribution in [0.3, 0.4) is 0 Å². The van der Waals surface area contributed by atoms with Gasteiger partial charge in [-0.05, 0) is 24.3 Å². The Kier molecular flexibility index (Phi) is 4.16. The van der Waals surface area contributed by atoms with Crippen molar-refractivity contribution < 1.29 is 14.0 Å². The molecule has 4 aromatic rings. The van der Waals surface area contributed by atoms with Gasteiger partial charge >= 0.3 is 0 Å². The fraction of sp³-hybridized carbons (Fsp3) is 0.190. The summed E-state index contributed by atoms with van der Waals surface area (Å²) in [6, 6.07) is 12.6. The highest BCUT2D eigenvalue weighted by Gasteiger charge is 2.33. The first kappa shape index (κ1) is 17.3. The van der Waals surface area contributed by atoms with E-state index < -0.39 is 6.04 Å². The van der Waals surface area contributed by atoms with Gasteiger partial charge in [-0.2, -0.15) is 0 Å².